The van der Waals surface area contributed by atoms with Crippen molar-refractivity contribution in [2.75, 3.05) is 6.61 Å². The highest BCUT2D eigenvalue weighted by Gasteiger charge is 2.42. The molecule has 1 aliphatic rings. The predicted octanol–water partition coefficient (Wildman–Crippen LogP) is 1.25. The van der Waals surface area contributed by atoms with E-state index in [0.29, 0.717) is 12.3 Å². The van der Waals surface area contributed by atoms with Crippen LogP contribution in [-0.2, 0) is 0 Å². The maximum atomic E-state index is 11.8. The molecule has 0 saturated heterocycles. The first-order chi connectivity index (χ1) is 8.05. The van der Waals surface area contributed by atoms with Gasteiger partial charge in [-0.1, -0.05) is 6.92 Å². The molecule has 4 heteroatoms. The van der Waals surface area contributed by atoms with Crippen LogP contribution in [0.2, 0.25) is 0 Å². The normalized spacial score (nSPS) is 19.9. The summed E-state index contributed by atoms with van der Waals surface area (Å²) >= 11 is 0. The highest BCUT2D eigenvalue weighted by molar-refractivity contribution is 5.75. The molecule has 3 N–H and O–H groups in total. The largest absolute Gasteiger partial charge is 0.394 e. The summed E-state index contributed by atoms with van der Waals surface area (Å²) in [7, 11) is 0. The Bertz CT molecular complexity index is 307. The lowest BCUT2D eigenvalue weighted by Crippen LogP contribution is -2.55. The lowest BCUT2D eigenvalue weighted by Gasteiger charge is -2.29. The van der Waals surface area contributed by atoms with Gasteiger partial charge in [0.15, 0.2) is 0 Å². The molecule has 1 fully saturated rings. The van der Waals surface area contributed by atoms with Crippen molar-refractivity contribution in [2.45, 2.75) is 51.1 Å². The van der Waals surface area contributed by atoms with Crippen molar-refractivity contribution in [3.8, 4) is 12.3 Å². The Labute approximate surface area is 103 Å². The maximum absolute atomic E-state index is 11.8. The number of hydrogen-bond donors (Lipinski definition) is 3. The Kier molecular flexibility index (Phi) is 4.83. The molecular weight excluding hydrogens is 216 g/mol. The van der Waals surface area contributed by atoms with E-state index in [1.807, 2.05) is 13.8 Å². The SMILES string of the molecule is C#CCC(CC)NC(=O)NC(C)(CO)C1CC1. The van der Waals surface area contributed by atoms with E-state index in [1.54, 1.807) is 0 Å². The van der Waals surface area contributed by atoms with E-state index in [0.717, 1.165) is 19.3 Å². The van der Waals surface area contributed by atoms with Crippen LogP contribution >= 0.6 is 0 Å². The van der Waals surface area contributed by atoms with Crippen LogP contribution in [0.5, 0.6) is 0 Å². The smallest absolute Gasteiger partial charge is 0.315 e. The number of carbonyl (C=O) groups excluding carboxylic acids is 1. The van der Waals surface area contributed by atoms with E-state index in [9.17, 15) is 9.90 Å². The molecule has 0 heterocycles. The predicted molar refractivity (Wildman–Crippen MR) is 67.4 cm³/mol. The topological polar surface area (TPSA) is 61.4 Å². The summed E-state index contributed by atoms with van der Waals surface area (Å²) in [5.74, 6) is 2.94. The van der Waals surface area contributed by atoms with Gasteiger partial charge in [0.05, 0.1) is 12.1 Å². The van der Waals surface area contributed by atoms with Crippen molar-refractivity contribution < 1.29 is 9.90 Å². The highest BCUT2D eigenvalue weighted by atomic mass is 16.3. The summed E-state index contributed by atoms with van der Waals surface area (Å²) in [5.41, 5.74) is -0.501. The third kappa shape index (κ3) is 3.94. The first-order valence-corrected chi connectivity index (χ1v) is 6.18. The fraction of sp³-hybridized carbons (Fsp3) is 0.769. The minimum atomic E-state index is -0.501. The quantitative estimate of drug-likeness (QED) is 0.610. The van der Waals surface area contributed by atoms with Crippen LogP contribution < -0.4 is 10.6 Å². The molecule has 0 aliphatic heterocycles. The number of urea groups is 1. The Balaban J connectivity index is 2.45. The summed E-state index contributed by atoms with van der Waals surface area (Å²) < 4.78 is 0. The minimum absolute atomic E-state index is 0.00199. The van der Waals surface area contributed by atoms with Gasteiger partial charge in [0.25, 0.3) is 0 Å². The molecule has 2 atom stereocenters. The van der Waals surface area contributed by atoms with Crippen LogP contribution in [0.4, 0.5) is 4.79 Å². The molecule has 0 radical (unpaired) electrons. The molecule has 1 saturated carbocycles. The average molecular weight is 238 g/mol. The van der Waals surface area contributed by atoms with Crippen LogP contribution in [0.1, 0.15) is 39.5 Å². The maximum Gasteiger partial charge on any atom is 0.315 e. The summed E-state index contributed by atoms with van der Waals surface area (Å²) in [6.07, 6.45) is 8.70. The summed E-state index contributed by atoms with van der Waals surface area (Å²) in [6.45, 7) is 3.83. The van der Waals surface area contributed by atoms with Gasteiger partial charge >= 0.3 is 6.03 Å². The van der Waals surface area contributed by atoms with Crippen LogP contribution in [0, 0.1) is 18.3 Å². The van der Waals surface area contributed by atoms with E-state index in [-0.39, 0.29) is 18.7 Å². The van der Waals surface area contributed by atoms with Gasteiger partial charge in [-0.3, -0.25) is 0 Å². The second-order valence-electron chi connectivity index (χ2n) is 4.96. The minimum Gasteiger partial charge on any atom is -0.394 e. The number of hydrogen-bond acceptors (Lipinski definition) is 2. The molecule has 2 unspecified atom stereocenters. The van der Waals surface area contributed by atoms with Gasteiger partial charge in [0.2, 0.25) is 0 Å². The zero-order chi connectivity index (χ0) is 12.9. The standard InChI is InChI=1S/C13H22N2O2/c1-4-6-11(5-2)14-12(17)15-13(3,9-16)10-7-8-10/h1,10-11,16H,5-9H2,2-3H3,(H2,14,15,17). The van der Waals surface area contributed by atoms with Gasteiger partial charge in [-0.2, -0.15) is 0 Å². The number of carbonyl (C=O) groups is 1. The van der Waals surface area contributed by atoms with E-state index in [2.05, 4.69) is 16.6 Å². The van der Waals surface area contributed by atoms with Crippen molar-refractivity contribution in [1.82, 2.24) is 10.6 Å². The number of amides is 2. The van der Waals surface area contributed by atoms with Crippen molar-refractivity contribution >= 4 is 6.03 Å². The molecule has 1 aliphatic carbocycles. The molecule has 0 aromatic carbocycles. The zero-order valence-corrected chi connectivity index (χ0v) is 10.6. The highest BCUT2D eigenvalue weighted by Crippen LogP contribution is 2.39. The molecule has 0 spiro atoms. The molecular formula is C13H22N2O2. The van der Waals surface area contributed by atoms with Crippen LogP contribution in [0.3, 0.4) is 0 Å². The molecule has 2 amide bonds. The second-order valence-corrected chi connectivity index (χ2v) is 4.96. The Morgan fingerprint density at radius 1 is 1.65 bits per heavy atom. The molecule has 0 aromatic heterocycles. The Hall–Kier alpha value is -1.21. The monoisotopic (exact) mass is 238 g/mol. The molecule has 0 aromatic rings. The van der Waals surface area contributed by atoms with E-state index >= 15 is 0 Å². The average Bonchev–Trinajstić information content (AvgIpc) is 3.12. The molecule has 0 bridgehead atoms. The lowest BCUT2D eigenvalue weighted by molar-refractivity contribution is 0.154. The fourth-order valence-electron chi connectivity index (χ4n) is 1.91. The zero-order valence-electron chi connectivity index (χ0n) is 10.6. The summed E-state index contributed by atoms with van der Waals surface area (Å²) in [5, 5.41) is 15.1. The van der Waals surface area contributed by atoms with Crippen LogP contribution in [0.15, 0.2) is 0 Å². The number of nitrogens with one attached hydrogen (secondary N) is 2. The fourth-order valence-corrected chi connectivity index (χ4v) is 1.91. The second kappa shape index (κ2) is 5.92. The Morgan fingerprint density at radius 2 is 2.29 bits per heavy atom. The Morgan fingerprint density at radius 3 is 2.71 bits per heavy atom. The number of aliphatic hydroxyl groups is 1. The molecule has 96 valence electrons. The third-order valence-electron chi connectivity index (χ3n) is 3.40. The number of aliphatic hydroxyl groups excluding tert-OH is 1. The van der Waals surface area contributed by atoms with Gasteiger partial charge in [-0.25, -0.2) is 4.79 Å². The number of terminal acetylenes is 1. The van der Waals surface area contributed by atoms with Crippen molar-refractivity contribution in [3.05, 3.63) is 0 Å². The summed E-state index contributed by atoms with van der Waals surface area (Å²) in [6, 6.07) is -0.238. The molecule has 17 heavy (non-hydrogen) atoms. The first kappa shape index (κ1) is 13.9. The van der Waals surface area contributed by atoms with Crippen LogP contribution in [0.25, 0.3) is 0 Å². The van der Waals surface area contributed by atoms with Gasteiger partial charge in [-0.15, -0.1) is 12.3 Å². The van der Waals surface area contributed by atoms with E-state index in [4.69, 9.17) is 6.42 Å². The molecule has 1 rings (SSSR count). The first-order valence-electron chi connectivity index (χ1n) is 6.18. The van der Waals surface area contributed by atoms with Gasteiger partial charge in [0.1, 0.15) is 0 Å². The van der Waals surface area contributed by atoms with Gasteiger partial charge in [-0.05, 0) is 32.1 Å². The van der Waals surface area contributed by atoms with Crippen LogP contribution in [-0.4, -0.2) is 29.3 Å². The van der Waals surface area contributed by atoms with Crippen molar-refractivity contribution in [2.24, 2.45) is 5.92 Å². The van der Waals surface area contributed by atoms with Crippen molar-refractivity contribution in [3.63, 3.8) is 0 Å². The van der Waals surface area contributed by atoms with Gasteiger partial charge in [0, 0.05) is 12.5 Å². The number of rotatable bonds is 6. The third-order valence-corrected chi connectivity index (χ3v) is 3.40. The van der Waals surface area contributed by atoms with Gasteiger partial charge < -0.3 is 15.7 Å². The molecule has 4 nitrogen and oxygen atoms in total. The van der Waals surface area contributed by atoms with Crippen molar-refractivity contribution in [1.29, 1.82) is 0 Å². The summed E-state index contributed by atoms with van der Waals surface area (Å²) in [4.78, 5) is 11.8. The van der Waals surface area contributed by atoms with E-state index < -0.39 is 5.54 Å². The van der Waals surface area contributed by atoms with E-state index in [1.165, 1.54) is 0 Å². The lowest BCUT2D eigenvalue weighted by atomic mass is 9.97.